The van der Waals surface area contributed by atoms with Crippen LogP contribution in [0, 0.1) is 90.0 Å². The van der Waals surface area contributed by atoms with Gasteiger partial charge in [-0.15, -0.1) is 0 Å². The van der Waals surface area contributed by atoms with Crippen LogP contribution in [-0.4, -0.2) is 156 Å². The molecule has 0 unspecified atom stereocenters. The highest BCUT2D eigenvalue weighted by atomic mass is 35.5. The van der Waals surface area contributed by atoms with Crippen molar-refractivity contribution < 1.29 is 4.74 Å². The lowest BCUT2D eigenvalue weighted by molar-refractivity contribution is 0.395. The molecule has 0 saturated carbocycles. The molecule has 0 spiro atoms. The fourth-order valence-electron chi connectivity index (χ4n) is 7.68. The van der Waals surface area contributed by atoms with E-state index in [1.54, 1.807) is 45.6 Å². The molecule has 8 aromatic heterocycles. The van der Waals surface area contributed by atoms with E-state index in [0.717, 1.165) is 130 Å². The van der Waals surface area contributed by atoms with E-state index in [1.807, 2.05) is 159 Å². The molecule has 446 valence electrons. The number of fused-ring (bicyclic) bond motifs is 1. The van der Waals surface area contributed by atoms with Crippen LogP contribution in [0.1, 0.15) is 93.5 Å². The Morgan fingerprint density at radius 1 is 0.470 bits per heavy atom. The fraction of sp³-hybridized carbons (Fsp3) is 0.458. The number of aryl methyl sites for hydroxylation is 13. The molecule has 2 N–H and O–H groups in total. The normalized spacial score (nSPS) is 11.4. The van der Waals surface area contributed by atoms with Gasteiger partial charge in [0.15, 0.2) is 0 Å². The minimum Gasteiger partial charge on any atom is -0.481 e. The maximum Gasteiger partial charge on any atom is 0.216 e. The van der Waals surface area contributed by atoms with Crippen molar-refractivity contribution in [1.29, 1.82) is 0 Å². The van der Waals surface area contributed by atoms with Crippen LogP contribution >= 0.6 is 11.6 Å². The van der Waals surface area contributed by atoms with Crippen molar-refractivity contribution in [2.24, 2.45) is 0 Å². The molecular weight excluding hydrogens is 1070 g/mol. The molecule has 10 heterocycles. The summed E-state index contributed by atoms with van der Waals surface area (Å²) in [5.41, 5.74) is 6.31. The summed E-state index contributed by atoms with van der Waals surface area (Å²) in [6.45, 7) is 28.3. The number of hydrogen-bond donors (Lipinski definition) is 2. The van der Waals surface area contributed by atoms with Gasteiger partial charge in [-0.1, -0.05) is 11.6 Å². The van der Waals surface area contributed by atoms with Crippen molar-refractivity contribution >= 4 is 46.5 Å². The Hall–Kier alpha value is -8.47. The first-order valence-corrected chi connectivity index (χ1v) is 27.5. The zero-order valence-corrected chi connectivity index (χ0v) is 53.5. The van der Waals surface area contributed by atoms with E-state index in [-0.39, 0.29) is 0 Å². The molecule has 23 nitrogen and oxygen atoms in total. The number of methoxy groups -OCH3 is 1. The van der Waals surface area contributed by atoms with Crippen molar-refractivity contribution in [1.82, 2.24) is 79.7 Å². The molecular formula is C59H87ClN22O. The number of nitrogens with one attached hydrogen (secondary N) is 2. The van der Waals surface area contributed by atoms with Crippen molar-refractivity contribution in [3.63, 3.8) is 0 Å². The van der Waals surface area contributed by atoms with E-state index in [4.69, 9.17) is 16.3 Å². The Kier molecular flexibility index (Phi) is 29.3. The molecule has 24 heteroatoms. The SMILES string of the molecule is CNc1cc(C)nc(C)n1.CNc1cc(Cl)nc(C)n1.COc1cc(C)nc(C)n1.Cc1cc(N(C)C)nc(C)n1.Cc1cc(N2CCCC2)nc(C)n1.Cc1ccnc(C)n1.Cc1ncc2c(n1)N(C)CC2.Cc1nccc(N(C)C)n1. The number of aromatic nitrogens is 16. The molecule has 0 radical (unpaired) electrons. The van der Waals surface area contributed by atoms with Gasteiger partial charge in [-0.05, 0) is 121 Å². The minimum atomic E-state index is 0.469. The summed E-state index contributed by atoms with van der Waals surface area (Å²) in [6, 6.07) is 13.2. The average Bonchev–Trinajstić information content (AvgIpc) is 4.11. The predicted octanol–water partition coefficient (Wildman–Crippen LogP) is 9.29. The summed E-state index contributed by atoms with van der Waals surface area (Å²) in [7, 11) is 15.2. The number of likely N-dealkylation sites (N-methyl/N-ethyl adjacent to an activating group) is 1. The predicted molar refractivity (Wildman–Crippen MR) is 336 cm³/mol. The van der Waals surface area contributed by atoms with Gasteiger partial charge in [-0.3, -0.25) is 0 Å². The molecule has 0 aliphatic carbocycles. The highest BCUT2D eigenvalue weighted by Gasteiger charge is 2.17. The number of hydrogen-bond acceptors (Lipinski definition) is 23. The van der Waals surface area contributed by atoms with E-state index in [2.05, 4.69) is 113 Å². The molecule has 0 aromatic carbocycles. The van der Waals surface area contributed by atoms with Gasteiger partial charge >= 0.3 is 0 Å². The first-order chi connectivity index (χ1) is 39.3. The second kappa shape index (κ2) is 35.4. The van der Waals surface area contributed by atoms with Gasteiger partial charge in [0.05, 0.1) is 7.11 Å². The van der Waals surface area contributed by atoms with E-state index in [0.29, 0.717) is 16.9 Å². The first kappa shape index (κ1) is 68.8. The lowest BCUT2D eigenvalue weighted by atomic mass is 10.3. The maximum absolute atomic E-state index is 5.64. The third-order valence-corrected chi connectivity index (χ3v) is 11.6. The first-order valence-electron chi connectivity index (χ1n) is 27.2. The molecule has 2 aliphatic heterocycles. The van der Waals surface area contributed by atoms with Crippen LogP contribution in [0.3, 0.4) is 0 Å². The molecule has 83 heavy (non-hydrogen) atoms. The van der Waals surface area contributed by atoms with E-state index >= 15 is 0 Å². The topological polar surface area (TPSA) is 252 Å². The van der Waals surface area contributed by atoms with Gasteiger partial charge in [-0.25, -0.2) is 74.8 Å². The molecule has 8 aromatic rings. The van der Waals surface area contributed by atoms with E-state index < -0.39 is 0 Å². The second-order valence-corrected chi connectivity index (χ2v) is 20.0. The second-order valence-electron chi connectivity index (χ2n) is 19.6. The lowest BCUT2D eigenvalue weighted by Gasteiger charge is -2.16. The standard InChI is InChI=1S/C10H15N3.C8H11N3.C8H13N3.2C7H11N3.C7H10N2O.C6H8ClN3.C6H8N2/c1-8-7-10(12-9(2)11-8)13-5-3-4-6-13;1-6-9-5-7-3-4-11(2)8(7)10-6;1-6-5-8(11(3)4)10-7(2)9-6;1-6-8-5-4-7(9-6)10(2)3;1-5-4-7(8-3)10-6(2)9-5;1-5-4-7(10-3)9-6(2)8-5;1-4-9-5(7)3-6(8-2)10-4;1-5-3-4-7-6(2)8-5/h7H,3-6H2,1-2H3;5H,3-4H2,1-2H3;5H,1-4H3;4-5H,1-3H3;4H,1-3H3,(H,8,9,10);4H,1-3H3;3H,1-2H3,(H,8,9,10);3-4H,1-2H3. The van der Waals surface area contributed by atoms with Gasteiger partial charge < -0.3 is 35.0 Å². The number of rotatable bonds is 6. The zero-order valence-electron chi connectivity index (χ0n) is 52.7. The number of anilines is 6. The van der Waals surface area contributed by atoms with E-state index in [1.165, 1.54) is 18.4 Å². The summed E-state index contributed by atoms with van der Waals surface area (Å²) in [5, 5.41) is 6.30. The summed E-state index contributed by atoms with van der Waals surface area (Å²) < 4.78 is 4.92. The highest BCUT2D eigenvalue weighted by Crippen LogP contribution is 2.23. The van der Waals surface area contributed by atoms with Crippen molar-refractivity contribution in [3.05, 3.63) is 147 Å². The van der Waals surface area contributed by atoms with Crippen LogP contribution in [0.4, 0.5) is 34.9 Å². The molecule has 2 aliphatic rings. The van der Waals surface area contributed by atoms with Crippen LogP contribution in [0.2, 0.25) is 5.15 Å². The van der Waals surface area contributed by atoms with Gasteiger partial charge in [-0.2, -0.15) is 4.98 Å². The third-order valence-electron chi connectivity index (χ3n) is 11.4. The number of halogens is 1. The Labute approximate surface area is 497 Å². The third kappa shape index (κ3) is 26.8. The van der Waals surface area contributed by atoms with Gasteiger partial charge in [0, 0.05) is 152 Å². The molecule has 1 saturated heterocycles. The van der Waals surface area contributed by atoms with Gasteiger partial charge in [0.25, 0.3) is 0 Å². The largest absolute Gasteiger partial charge is 0.481 e. The quantitative estimate of drug-likeness (QED) is 0.147. The summed E-state index contributed by atoms with van der Waals surface area (Å²) >= 11 is 5.64. The summed E-state index contributed by atoms with van der Waals surface area (Å²) in [4.78, 5) is 74.5. The van der Waals surface area contributed by atoms with Crippen LogP contribution < -0.4 is 35.0 Å². The van der Waals surface area contributed by atoms with Crippen molar-refractivity contribution in [2.45, 2.75) is 109 Å². The van der Waals surface area contributed by atoms with Crippen molar-refractivity contribution in [3.8, 4) is 5.88 Å². The maximum atomic E-state index is 5.64. The Morgan fingerprint density at radius 2 is 0.940 bits per heavy atom. The van der Waals surface area contributed by atoms with Crippen LogP contribution in [0.15, 0.2) is 61.1 Å². The summed E-state index contributed by atoms with van der Waals surface area (Å²) in [5.74, 6) is 12.8. The Morgan fingerprint density at radius 3 is 1.41 bits per heavy atom. The number of ether oxygens (including phenoxy) is 1. The zero-order chi connectivity index (χ0) is 61.8. The molecule has 10 rings (SSSR count). The van der Waals surface area contributed by atoms with Gasteiger partial charge in [0.2, 0.25) is 5.88 Å². The lowest BCUT2D eigenvalue weighted by Crippen LogP contribution is -2.19. The Bertz CT molecular complexity index is 2990. The minimum absolute atomic E-state index is 0.469. The molecule has 1 fully saturated rings. The average molecular weight is 1160 g/mol. The van der Waals surface area contributed by atoms with Crippen LogP contribution in [0.5, 0.6) is 5.88 Å². The molecule has 0 amide bonds. The Balaban J connectivity index is 0.000000249. The number of nitrogens with zero attached hydrogens (tertiary/aromatic N) is 20. The summed E-state index contributed by atoms with van der Waals surface area (Å²) in [6.07, 6.45) is 9.13. The smallest absolute Gasteiger partial charge is 0.216 e. The molecule has 0 atom stereocenters. The van der Waals surface area contributed by atoms with Crippen LogP contribution in [0.25, 0.3) is 0 Å². The molecule has 0 bridgehead atoms. The van der Waals surface area contributed by atoms with Crippen LogP contribution in [-0.2, 0) is 6.42 Å². The highest BCUT2D eigenvalue weighted by molar-refractivity contribution is 6.29. The van der Waals surface area contributed by atoms with Gasteiger partial charge in [0.1, 0.15) is 86.7 Å². The van der Waals surface area contributed by atoms with E-state index in [9.17, 15) is 0 Å². The fourth-order valence-corrected chi connectivity index (χ4v) is 7.90. The van der Waals surface area contributed by atoms with Crippen molar-refractivity contribution in [2.75, 3.05) is 106 Å². The monoisotopic (exact) mass is 1150 g/mol.